The van der Waals surface area contributed by atoms with E-state index in [1.807, 2.05) is 44.2 Å². The largest absolute Gasteiger partial charge is 0.488 e. The van der Waals surface area contributed by atoms with E-state index in [-0.39, 0.29) is 5.82 Å². The molecule has 2 aromatic rings. The lowest BCUT2D eigenvalue weighted by molar-refractivity contribution is 0.297. The van der Waals surface area contributed by atoms with E-state index in [1.54, 1.807) is 0 Å². The van der Waals surface area contributed by atoms with Gasteiger partial charge in [-0.1, -0.05) is 30.3 Å². The predicted molar refractivity (Wildman–Crippen MR) is 82.1 cm³/mol. The second-order valence-electron chi connectivity index (χ2n) is 5.55. The first-order valence-electron chi connectivity index (χ1n) is 7.36. The summed E-state index contributed by atoms with van der Waals surface area (Å²) in [7, 11) is 0. The summed E-state index contributed by atoms with van der Waals surface area (Å²) in [6, 6.07) is 10.1. The first kappa shape index (κ1) is 14.1. The molecule has 0 aromatic heterocycles. The van der Waals surface area contributed by atoms with Crippen molar-refractivity contribution in [2.75, 3.05) is 6.54 Å². The fourth-order valence-corrected chi connectivity index (χ4v) is 2.86. The van der Waals surface area contributed by atoms with Gasteiger partial charge in [0.15, 0.2) is 0 Å². The molecule has 0 fully saturated rings. The van der Waals surface area contributed by atoms with Crippen molar-refractivity contribution in [3.8, 4) is 5.75 Å². The SMILES string of the molecule is Cc1c(C)c(OCc2ccccc2)c2c(c1F)CCNC2. The van der Waals surface area contributed by atoms with Crippen molar-refractivity contribution < 1.29 is 9.13 Å². The first-order valence-corrected chi connectivity index (χ1v) is 7.36. The fourth-order valence-electron chi connectivity index (χ4n) is 2.86. The van der Waals surface area contributed by atoms with Gasteiger partial charge < -0.3 is 10.1 Å². The number of halogens is 1. The molecule has 1 aliphatic heterocycles. The number of benzene rings is 2. The molecular weight excluding hydrogens is 265 g/mol. The number of nitrogens with one attached hydrogen (secondary N) is 1. The molecule has 0 spiro atoms. The van der Waals surface area contributed by atoms with Crippen molar-refractivity contribution in [2.45, 2.75) is 33.4 Å². The minimum atomic E-state index is -0.0592. The summed E-state index contributed by atoms with van der Waals surface area (Å²) in [5.74, 6) is 0.788. The molecule has 0 aliphatic carbocycles. The zero-order valence-electron chi connectivity index (χ0n) is 12.5. The van der Waals surface area contributed by atoms with Gasteiger partial charge in [-0.05, 0) is 49.1 Å². The molecule has 2 aromatic carbocycles. The molecule has 0 radical (unpaired) electrons. The topological polar surface area (TPSA) is 21.3 Å². The summed E-state index contributed by atoms with van der Waals surface area (Å²) >= 11 is 0. The Balaban J connectivity index is 1.96. The van der Waals surface area contributed by atoms with E-state index >= 15 is 0 Å². The van der Waals surface area contributed by atoms with Crippen LogP contribution >= 0.6 is 0 Å². The molecule has 0 amide bonds. The summed E-state index contributed by atoms with van der Waals surface area (Å²) < 4.78 is 20.5. The molecule has 0 unspecified atom stereocenters. The van der Waals surface area contributed by atoms with Crippen LogP contribution < -0.4 is 10.1 Å². The second kappa shape index (κ2) is 5.86. The number of hydrogen-bond donors (Lipinski definition) is 1. The van der Waals surface area contributed by atoms with Crippen LogP contribution in [0, 0.1) is 19.7 Å². The predicted octanol–water partition coefficient (Wildman–Crippen LogP) is 3.67. The lowest BCUT2D eigenvalue weighted by Gasteiger charge is -2.24. The molecule has 1 N–H and O–H groups in total. The van der Waals surface area contributed by atoms with E-state index in [0.717, 1.165) is 41.0 Å². The Bertz CT molecular complexity index is 652. The fraction of sp³-hybridized carbons (Fsp3) is 0.333. The summed E-state index contributed by atoms with van der Waals surface area (Å²) in [4.78, 5) is 0. The van der Waals surface area contributed by atoms with Gasteiger partial charge in [-0.25, -0.2) is 4.39 Å². The number of rotatable bonds is 3. The summed E-state index contributed by atoms with van der Waals surface area (Å²) in [5, 5.41) is 3.31. The minimum Gasteiger partial charge on any atom is -0.488 e. The van der Waals surface area contributed by atoms with Gasteiger partial charge in [0.05, 0.1) is 0 Å². The molecule has 0 saturated heterocycles. The van der Waals surface area contributed by atoms with Crippen LogP contribution in [0.3, 0.4) is 0 Å². The molecule has 0 saturated carbocycles. The first-order chi connectivity index (χ1) is 10.2. The molecular formula is C18H20FNO. The molecule has 0 atom stereocenters. The van der Waals surface area contributed by atoms with Crippen molar-refractivity contribution in [1.82, 2.24) is 5.32 Å². The minimum absolute atomic E-state index is 0.0592. The molecule has 3 heteroatoms. The number of ether oxygens (including phenoxy) is 1. The molecule has 2 nitrogen and oxygen atoms in total. The molecule has 3 rings (SSSR count). The van der Waals surface area contributed by atoms with Crippen molar-refractivity contribution in [3.05, 3.63) is 64.0 Å². The van der Waals surface area contributed by atoms with Crippen molar-refractivity contribution in [2.24, 2.45) is 0 Å². The van der Waals surface area contributed by atoms with E-state index in [4.69, 9.17) is 4.74 Å². The Morgan fingerprint density at radius 3 is 2.62 bits per heavy atom. The van der Waals surface area contributed by atoms with Gasteiger partial charge in [0.25, 0.3) is 0 Å². The van der Waals surface area contributed by atoms with Crippen LogP contribution in [0.5, 0.6) is 5.75 Å². The number of fused-ring (bicyclic) bond motifs is 1. The maximum absolute atomic E-state index is 14.4. The van der Waals surface area contributed by atoms with Gasteiger partial charge >= 0.3 is 0 Å². The third kappa shape index (κ3) is 2.66. The quantitative estimate of drug-likeness (QED) is 0.929. The van der Waals surface area contributed by atoms with Crippen LogP contribution in [0.15, 0.2) is 30.3 Å². The van der Waals surface area contributed by atoms with Crippen molar-refractivity contribution >= 4 is 0 Å². The third-order valence-electron chi connectivity index (χ3n) is 4.22. The Kier molecular flexibility index (Phi) is 3.93. The molecule has 110 valence electrons. The standard InChI is InChI=1S/C18H20FNO/c1-12-13(2)18(21-11-14-6-4-3-5-7-14)16-10-20-9-8-15(16)17(12)19/h3-7,20H,8-11H2,1-2H3. The molecule has 0 bridgehead atoms. The highest BCUT2D eigenvalue weighted by atomic mass is 19.1. The Morgan fingerprint density at radius 1 is 1.10 bits per heavy atom. The van der Waals surface area contributed by atoms with Gasteiger partial charge in [0.1, 0.15) is 18.2 Å². The third-order valence-corrected chi connectivity index (χ3v) is 4.22. The van der Waals surface area contributed by atoms with Crippen LogP contribution in [0.25, 0.3) is 0 Å². The highest BCUT2D eigenvalue weighted by Crippen LogP contribution is 2.34. The van der Waals surface area contributed by atoms with Crippen LogP contribution in [0.1, 0.15) is 27.8 Å². The van der Waals surface area contributed by atoms with E-state index in [1.165, 1.54) is 0 Å². The maximum atomic E-state index is 14.4. The van der Waals surface area contributed by atoms with Crippen LogP contribution in [-0.4, -0.2) is 6.54 Å². The smallest absolute Gasteiger partial charge is 0.130 e. The van der Waals surface area contributed by atoms with Crippen LogP contribution in [0.2, 0.25) is 0 Å². The number of hydrogen-bond acceptors (Lipinski definition) is 2. The van der Waals surface area contributed by atoms with E-state index in [9.17, 15) is 4.39 Å². The Labute approximate surface area is 125 Å². The van der Waals surface area contributed by atoms with E-state index < -0.39 is 0 Å². The summed E-state index contributed by atoms with van der Waals surface area (Å²) in [6.07, 6.45) is 0.726. The van der Waals surface area contributed by atoms with Gasteiger partial charge in [0.2, 0.25) is 0 Å². The Hall–Kier alpha value is -1.87. The van der Waals surface area contributed by atoms with Crippen molar-refractivity contribution in [3.63, 3.8) is 0 Å². The van der Waals surface area contributed by atoms with Gasteiger partial charge in [0, 0.05) is 12.1 Å². The van der Waals surface area contributed by atoms with Gasteiger partial charge in [-0.15, -0.1) is 0 Å². The summed E-state index contributed by atoms with van der Waals surface area (Å²) in [6.45, 7) is 5.79. The molecule has 1 heterocycles. The zero-order chi connectivity index (χ0) is 14.8. The van der Waals surface area contributed by atoms with E-state index in [0.29, 0.717) is 18.7 Å². The monoisotopic (exact) mass is 285 g/mol. The maximum Gasteiger partial charge on any atom is 0.130 e. The van der Waals surface area contributed by atoms with Crippen LogP contribution in [-0.2, 0) is 19.6 Å². The Morgan fingerprint density at radius 2 is 1.86 bits per heavy atom. The van der Waals surface area contributed by atoms with Crippen molar-refractivity contribution in [1.29, 1.82) is 0 Å². The van der Waals surface area contributed by atoms with Gasteiger partial charge in [-0.3, -0.25) is 0 Å². The average Bonchev–Trinajstić information content (AvgIpc) is 2.54. The zero-order valence-corrected chi connectivity index (χ0v) is 12.5. The second-order valence-corrected chi connectivity index (χ2v) is 5.55. The van der Waals surface area contributed by atoms with Crippen LogP contribution in [0.4, 0.5) is 4.39 Å². The average molecular weight is 285 g/mol. The summed E-state index contributed by atoms with van der Waals surface area (Å²) in [5.41, 5.74) is 4.54. The lowest BCUT2D eigenvalue weighted by atomic mass is 9.93. The highest BCUT2D eigenvalue weighted by Gasteiger charge is 2.23. The molecule has 1 aliphatic rings. The van der Waals surface area contributed by atoms with E-state index in [2.05, 4.69) is 5.32 Å². The lowest BCUT2D eigenvalue weighted by Crippen LogP contribution is -2.26. The highest BCUT2D eigenvalue weighted by molar-refractivity contribution is 5.52. The molecule has 21 heavy (non-hydrogen) atoms. The normalized spacial score (nSPS) is 13.9. The van der Waals surface area contributed by atoms with Gasteiger partial charge in [-0.2, -0.15) is 0 Å².